The topological polar surface area (TPSA) is 48.1 Å². The lowest BCUT2D eigenvalue weighted by molar-refractivity contribution is 0.418. The Labute approximate surface area is 108 Å². The highest BCUT2D eigenvalue weighted by molar-refractivity contribution is 5.85. The largest absolute Gasteiger partial charge is 0.494 e. The first-order valence-electron chi connectivity index (χ1n) is 6.14. The van der Waals surface area contributed by atoms with Crippen LogP contribution in [0.3, 0.4) is 0 Å². The minimum Gasteiger partial charge on any atom is -0.494 e. The minimum absolute atomic E-state index is 0.126. The van der Waals surface area contributed by atoms with Crippen molar-refractivity contribution in [3.8, 4) is 5.75 Å². The maximum atomic E-state index is 5.85. The predicted molar refractivity (Wildman–Crippen MR) is 75.1 cm³/mol. The van der Waals surface area contributed by atoms with Gasteiger partial charge in [-0.05, 0) is 24.6 Å². The average molecular weight is 244 g/mol. The van der Waals surface area contributed by atoms with E-state index in [1.165, 1.54) is 5.56 Å². The van der Waals surface area contributed by atoms with Crippen molar-refractivity contribution in [2.24, 2.45) is 5.73 Å². The van der Waals surface area contributed by atoms with Gasteiger partial charge in [-0.25, -0.2) is 4.98 Å². The van der Waals surface area contributed by atoms with Crippen molar-refractivity contribution in [2.75, 3.05) is 13.7 Å². The smallest absolute Gasteiger partial charge is 0.145 e. The van der Waals surface area contributed by atoms with Gasteiger partial charge in [-0.3, -0.25) is 0 Å². The Hall–Kier alpha value is -1.61. The van der Waals surface area contributed by atoms with Gasteiger partial charge in [0.15, 0.2) is 0 Å². The molecule has 96 valence electrons. The number of rotatable bonds is 3. The maximum absolute atomic E-state index is 5.85. The highest BCUT2D eigenvalue weighted by Crippen LogP contribution is 2.30. The van der Waals surface area contributed by atoms with Gasteiger partial charge in [0.05, 0.1) is 12.8 Å². The third kappa shape index (κ3) is 2.06. The molecule has 0 saturated carbocycles. The zero-order valence-corrected chi connectivity index (χ0v) is 11.4. The summed E-state index contributed by atoms with van der Waals surface area (Å²) in [5.41, 5.74) is 8.85. The van der Waals surface area contributed by atoms with Crippen LogP contribution in [-0.4, -0.2) is 18.6 Å². The molecule has 0 saturated heterocycles. The molecule has 2 aromatic rings. The van der Waals surface area contributed by atoms with Crippen LogP contribution in [-0.2, 0) is 5.41 Å². The molecule has 1 heterocycles. The van der Waals surface area contributed by atoms with Crippen LogP contribution in [0.15, 0.2) is 24.3 Å². The van der Waals surface area contributed by atoms with Crippen molar-refractivity contribution in [1.29, 1.82) is 0 Å². The van der Waals surface area contributed by atoms with Crippen LogP contribution in [0.5, 0.6) is 5.75 Å². The third-order valence-corrected chi connectivity index (χ3v) is 3.37. The first-order chi connectivity index (χ1) is 8.49. The summed E-state index contributed by atoms with van der Waals surface area (Å²) < 4.78 is 5.37. The van der Waals surface area contributed by atoms with Crippen molar-refractivity contribution >= 4 is 10.9 Å². The monoisotopic (exact) mass is 244 g/mol. The van der Waals surface area contributed by atoms with Crippen LogP contribution >= 0.6 is 0 Å². The van der Waals surface area contributed by atoms with Crippen LogP contribution in [0.1, 0.15) is 25.1 Å². The summed E-state index contributed by atoms with van der Waals surface area (Å²) in [6, 6.07) is 8.12. The van der Waals surface area contributed by atoms with Crippen LogP contribution < -0.4 is 10.5 Å². The summed E-state index contributed by atoms with van der Waals surface area (Å²) in [5, 5.41) is 1.10. The lowest BCUT2D eigenvalue weighted by Crippen LogP contribution is -2.30. The maximum Gasteiger partial charge on any atom is 0.145 e. The number of aryl methyl sites for hydroxylation is 1. The number of nitrogens with two attached hydrogens (primary N) is 1. The molecule has 0 atom stereocenters. The number of methoxy groups -OCH3 is 1. The molecule has 0 aliphatic rings. The van der Waals surface area contributed by atoms with Crippen molar-refractivity contribution in [3.63, 3.8) is 0 Å². The molecule has 0 bridgehead atoms. The summed E-state index contributed by atoms with van der Waals surface area (Å²) in [6.45, 7) is 6.88. The summed E-state index contributed by atoms with van der Waals surface area (Å²) in [5.74, 6) is 0.807. The van der Waals surface area contributed by atoms with Gasteiger partial charge in [-0.2, -0.15) is 0 Å². The van der Waals surface area contributed by atoms with E-state index in [9.17, 15) is 0 Å². The van der Waals surface area contributed by atoms with E-state index in [0.717, 1.165) is 22.3 Å². The van der Waals surface area contributed by atoms with Gasteiger partial charge < -0.3 is 10.5 Å². The molecule has 0 amide bonds. The van der Waals surface area contributed by atoms with E-state index in [1.54, 1.807) is 7.11 Å². The Balaban J connectivity index is 2.74. The number of nitrogens with zero attached hydrogens (tertiary/aromatic N) is 1. The fraction of sp³-hybridized carbons (Fsp3) is 0.400. The van der Waals surface area contributed by atoms with Gasteiger partial charge in [0.25, 0.3) is 0 Å². The second-order valence-electron chi connectivity index (χ2n) is 5.27. The Morgan fingerprint density at radius 3 is 2.67 bits per heavy atom. The first-order valence-corrected chi connectivity index (χ1v) is 6.14. The molecule has 1 aromatic carbocycles. The average Bonchev–Trinajstić information content (AvgIpc) is 2.36. The molecule has 0 aliphatic heterocycles. The van der Waals surface area contributed by atoms with E-state index in [2.05, 4.69) is 32.9 Å². The summed E-state index contributed by atoms with van der Waals surface area (Å²) in [4.78, 5) is 4.78. The second kappa shape index (κ2) is 4.58. The van der Waals surface area contributed by atoms with Crippen molar-refractivity contribution in [3.05, 3.63) is 35.5 Å². The quantitative estimate of drug-likeness (QED) is 0.903. The number of aromatic nitrogens is 1. The number of fused-ring (bicyclic) bond motifs is 1. The summed E-state index contributed by atoms with van der Waals surface area (Å²) >= 11 is 0. The van der Waals surface area contributed by atoms with E-state index in [1.807, 2.05) is 12.1 Å². The SMILES string of the molecule is COc1cccc2cc(C)c(C(C)(C)CN)nc12. The Bertz CT molecular complexity index is 576. The van der Waals surface area contributed by atoms with Gasteiger partial charge in [0.1, 0.15) is 11.3 Å². The molecule has 0 fully saturated rings. The van der Waals surface area contributed by atoms with Crippen LogP contribution in [0.4, 0.5) is 0 Å². The van der Waals surface area contributed by atoms with E-state index in [4.69, 9.17) is 15.5 Å². The summed E-state index contributed by atoms with van der Waals surface area (Å²) in [6.07, 6.45) is 0. The molecule has 18 heavy (non-hydrogen) atoms. The van der Waals surface area contributed by atoms with Crippen molar-refractivity contribution in [2.45, 2.75) is 26.2 Å². The van der Waals surface area contributed by atoms with Gasteiger partial charge in [0.2, 0.25) is 0 Å². The number of hydrogen-bond donors (Lipinski definition) is 1. The number of hydrogen-bond acceptors (Lipinski definition) is 3. The molecule has 2 N–H and O–H groups in total. The Kier molecular flexibility index (Phi) is 3.26. The molecule has 0 spiro atoms. The predicted octanol–water partition coefficient (Wildman–Crippen LogP) is 2.79. The van der Waals surface area contributed by atoms with E-state index in [-0.39, 0.29) is 5.41 Å². The fourth-order valence-corrected chi connectivity index (χ4v) is 2.22. The molecule has 1 aromatic heterocycles. The van der Waals surface area contributed by atoms with Crippen molar-refractivity contribution < 1.29 is 4.74 Å². The van der Waals surface area contributed by atoms with Crippen LogP contribution in [0.2, 0.25) is 0 Å². The molecular weight excluding hydrogens is 224 g/mol. The Morgan fingerprint density at radius 1 is 1.33 bits per heavy atom. The third-order valence-electron chi connectivity index (χ3n) is 3.37. The second-order valence-corrected chi connectivity index (χ2v) is 5.27. The lowest BCUT2D eigenvalue weighted by Gasteiger charge is -2.24. The molecular formula is C15H20N2O. The van der Waals surface area contributed by atoms with Gasteiger partial charge >= 0.3 is 0 Å². The van der Waals surface area contributed by atoms with E-state index in [0.29, 0.717) is 6.54 Å². The molecule has 0 unspecified atom stereocenters. The molecule has 2 rings (SSSR count). The zero-order valence-electron chi connectivity index (χ0n) is 11.4. The molecule has 3 nitrogen and oxygen atoms in total. The van der Waals surface area contributed by atoms with Crippen LogP contribution in [0.25, 0.3) is 10.9 Å². The highest BCUT2D eigenvalue weighted by Gasteiger charge is 2.23. The number of para-hydroxylation sites is 1. The fourth-order valence-electron chi connectivity index (χ4n) is 2.22. The standard InChI is InChI=1S/C15H20N2O/c1-10-8-11-6-5-7-12(18-4)13(11)17-14(10)15(2,3)9-16/h5-8H,9,16H2,1-4H3. The van der Waals surface area contributed by atoms with E-state index < -0.39 is 0 Å². The molecule has 3 heteroatoms. The minimum atomic E-state index is -0.126. The normalized spacial score (nSPS) is 11.8. The summed E-state index contributed by atoms with van der Waals surface area (Å²) in [7, 11) is 1.67. The lowest BCUT2D eigenvalue weighted by atomic mass is 9.86. The molecule has 0 aliphatic carbocycles. The van der Waals surface area contributed by atoms with Gasteiger partial charge in [-0.1, -0.05) is 26.0 Å². The van der Waals surface area contributed by atoms with E-state index >= 15 is 0 Å². The number of ether oxygens (including phenoxy) is 1. The zero-order chi connectivity index (χ0) is 13.3. The number of pyridine rings is 1. The molecule has 0 radical (unpaired) electrons. The Morgan fingerprint density at radius 2 is 2.06 bits per heavy atom. The number of benzene rings is 1. The van der Waals surface area contributed by atoms with Gasteiger partial charge in [-0.15, -0.1) is 0 Å². The highest BCUT2D eigenvalue weighted by atomic mass is 16.5. The van der Waals surface area contributed by atoms with Gasteiger partial charge in [0, 0.05) is 17.3 Å². The van der Waals surface area contributed by atoms with Crippen LogP contribution in [0, 0.1) is 6.92 Å². The van der Waals surface area contributed by atoms with Crippen molar-refractivity contribution in [1.82, 2.24) is 4.98 Å². The first kappa shape index (κ1) is 12.8.